The second kappa shape index (κ2) is 8.96. The number of ether oxygens (including phenoxy) is 1. The third kappa shape index (κ3) is 4.51. The number of ketones is 1. The first-order valence-electron chi connectivity index (χ1n) is 8.31. The van der Waals surface area contributed by atoms with Crippen LogP contribution >= 0.6 is 11.3 Å². The highest BCUT2D eigenvalue weighted by Crippen LogP contribution is 2.09. The first-order chi connectivity index (χ1) is 12.9. The zero-order valence-electron chi connectivity index (χ0n) is 15.2. The van der Waals surface area contributed by atoms with Crippen LogP contribution in [0.15, 0.2) is 29.1 Å². The molecule has 0 saturated heterocycles. The molecule has 140 valence electrons. The van der Waals surface area contributed by atoms with E-state index in [1.807, 2.05) is 6.07 Å². The van der Waals surface area contributed by atoms with Gasteiger partial charge in [0.1, 0.15) is 15.3 Å². The Morgan fingerprint density at radius 1 is 1.30 bits per heavy atom. The lowest BCUT2D eigenvalue weighted by Gasteiger charge is -2.00. The number of carbonyl (C=O) groups excluding carboxylic acids is 2. The van der Waals surface area contributed by atoms with E-state index >= 15 is 0 Å². The average Bonchev–Trinajstić information content (AvgIpc) is 2.96. The van der Waals surface area contributed by atoms with Gasteiger partial charge >= 0.3 is 5.97 Å². The fraction of sp³-hybridized carbons (Fsp3) is 0.263. The SMILES string of the molecule is CCOC(=O)/C(C#N)=c1\sc(=CNc2ccc(C(C)=O)cc2)c(=O)n1CC. The number of rotatable bonds is 6. The van der Waals surface area contributed by atoms with E-state index in [4.69, 9.17) is 4.74 Å². The minimum atomic E-state index is -0.747. The molecule has 1 aromatic heterocycles. The Kier molecular flexibility index (Phi) is 6.68. The van der Waals surface area contributed by atoms with Crippen LogP contribution in [0, 0.1) is 11.3 Å². The van der Waals surface area contributed by atoms with E-state index in [-0.39, 0.29) is 28.2 Å². The fourth-order valence-corrected chi connectivity index (χ4v) is 3.40. The highest BCUT2D eigenvalue weighted by molar-refractivity contribution is 7.07. The molecule has 2 rings (SSSR count). The molecule has 8 heteroatoms. The molecule has 7 nitrogen and oxygen atoms in total. The third-order valence-corrected chi connectivity index (χ3v) is 4.82. The second-order valence-electron chi connectivity index (χ2n) is 5.45. The van der Waals surface area contributed by atoms with Crippen LogP contribution in [0.5, 0.6) is 0 Å². The molecule has 0 fully saturated rings. The van der Waals surface area contributed by atoms with Crippen molar-refractivity contribution in [1.29, 1.82) is 5.26 Å². The molecule has 0 aliphatic heterocycles. The van der Waals surface area contributed by atoms with Crippen molar-refractivity contribution in [3.63, 3.8) is 0 Å². The Bertz CT molecular complexity index is 1070. The lowest BCUT2D eigenvalue weighted by molar-refractivity contribution is -0.136. The summed E-state index contributed by atoms with van der Waals surface area (Å²) in [5.74, 6) is -0.777. The highest BCUT2D eigenvalue weighted by atomic mass is 32.1. The van der Waals surface area contributed by atoms with Crippen LogP contribution in [0.4, 0.5) is 5.69 Å². The summed E-state index contributed by atoms with van der Waals surface area (Å²) in [6.45, 7) is 5.35. The molecule has 0 atom stereocenters. The number of hydrogen-bond donors (Lipinski definition) is 1. The van der Waals surface area contributed by atoms with Crippen molar-refractivity contribution in [2.24, 2.45) is 0 Å². The Morgan fingerprint density at radius 2 is 1.96 bits per heavy atom. The minimum absolute atomic E-state index is 0.0298. The standard InChI is InChI=1S/C19H19N3O4S/c1-4-22-17(24)16(27-18(22)15(10-20)19(25)26-5-2)11-21-14-8-6-13(7-9-14)12(3)23/h6-9,11,21H,4-5H2,1-3H3/b16-11?,18-15-. The van der Waals surface area contributed by atoms with E-state index in [1.165, 1.54) is 17.7 Å². The van der Waals surface area contributed by atoms with Gasteiger partial charge in [-0.25, -0.2) is 4.79 Å². The van der Waals surface area contributed by atoms with Crippen LogP contribution in [-0.4, -0.2) is 22.9 Å². The smallest absolute Gasteiger partial charge is 0.351 e. The number of Topliss-reactive ketones (excluding diaryl/α,β-unsaturated/α-hetero) is 1. The topological polar surface area (TPSA) is 101 Å². The van der Waals surface area contributed by atoms with Crippen LogP contribution in [0.1, 0.15) is 31.1 Å². The summed E-state index contributed by atoms with van der Waals surface area (Å²) < 4.78 is 6.88. The van der Waals surface area contributed by atoms with Gasteiger partial charge in [0.2, 0.25) is 0 Å². The lowest BCUT2D eigenvalue weighted by atomic mass is 10.1. The predicted molar refractivity (Wildman–Crippen MR) is 104 cm³/mol. The number of hydrogen-bond acceptors (Lipinski definition) is 7. The van der Waals surface area contributed by atoms with E-state index in [2.05, 4.69) is 5.32 Å². The molecule has 0 unspecified atom stereocenters. The van der Waals surface area contributed by atoms with Crippen molar-refractivity contribution in [1.82, 2.24) is 4.57 Å². The molecule has 0 saturated carbocycles. The van der Waals surface area contributed by atoms with Crippen molar-refractivity contribution < 1.29 is 14.3 Å². The predicted octanol–water partition coefficient (Wildman–Crippen LogP) is 1.22. The van der Waals surface area contributed by atoms with Gasteiger partial charge in [-0.1, -0.05) is 0 Å². The molecule has 1 heterocycles. The third-order valence-electron chi connectivity index (χ3n) is 3.69. The molecule has 1 N–H and O–H groups in total. The second-order valence-corrected chi connectivity index (χ2v) is 6.48. The van der Waals surface area contributed by atoms with Gasteiger partial charge in [0.05, 0.1) is 6.61 Å². The maximum atomic E-state index is 12.6. The zero-order chi connectivity index (χ0) is 20.0. The molecule has 27 heavy (non-hydrogen) atoms. The Morgan fingerprint density at radius 3 is 2.48 bits per heavy atom. The van der Waals surface area contributed by atoms with Gasteiger partial charge in [-0.3, -0.25) is 14.2 Å². The van der Waals surface area contributed by atoms with Crippen molar-refractivity contribution in [2.45, 2.75) is 27.3 Å². The van der Waals surface area contributed by atoms with Gasteiger partial charge in [0, 0.05) is 24.0 Å². The summed E-state index contributed by atoms with van der Waals surface area (Å²) in [5.41, 5.74) is 0.802. The number of anilines is 1. The number of nitriles is 1. The van der Waals surface area contributed by atoms with Crippen LogP contribution in [-0.2, 0) is 16.1 Å². The Labute approximate surface area is 159 Å². The van der Waals surface area contributed by atoms with Crippen LogP contribution in [0.2, 0.25) is 0 Å². The Hall–Kier alpha value is -3.18. The maximum absolute atomic E-state index is 12.6. The number of aromatic nitrogens is 1. The number of thiazole rings is 1. The summed E-state index contributed by atoms with van der Waals surface area (Å²) in [6, 6.07) is 8.66. The molecular weight excluding hydrogens is 366 g/mol. The normalized spacial score (nSPS) is 12.3. The summed E-state index contributed by atoms with van der Waals surface area (Å²) in [4.78, 5) is 35.9. The summed E-state index contributed by atoms with van der Waals surface area (Å²) in [6.07, 6.45) is 1.52. The quantitative estimate of drug-likeness (QED) is 0.593. The largest absolute Gasteiger partial charge is 0.462 e. The number of carbonyl (C=O) groups is 2. The van der Waals surface area contributed by atoms with Crippen molar-refractivity contribution >= 4 is 40.5 Å². The number of nitrogens with zero attached hydrogens (tertiary/aromatic N) is 2. The summed E-state index contributed by atoms with van der Waals surface area (Å²) in [7, 11) is 0. The molecule has 0 spiro atoms. The molecule has 2 aromatic rings. The average molecular weight is 385 g/mol. The molecule has 0 radical (unpaired) electrons. The number of nitrogens with one attached hydrogen (secondary N) is 1. The molecule has 0 aliphatic carbocycles. The van der Waals surface area contributed by atoms with E-state index in [0.717, 1.165) is 11.3 Å². The van der Waals surface area contributed by atoms with Crippen molar-refractivity contribution in [3.8, 4) is 6.07 Å². The van der Waals surface area contributed by atoms with Gasteiger partial charge in [0.25, 0.3) is 5.56 Å². The van der Waals surface area contributed by atoms with E-state index < -0.39 is 5.97 Å². The molecule has 0 bridgehead atoms. The molecule has 0 aliphatic rings. The highest BCUT2D eigenvalue weighted by Gasteiger charge is 2.16. The summed E-state index contributed by atoms with van der Waals surface area (Å²) in [5, 5.41) is 12.3. The first kappa shape index (κ1) is 20.1. The first-order valence-corrected chi connectivity index (χ1v) is 9.13. The Balaban J connectivity index is 2.50. The van der Waals surface area contributed by atoms with Gasteiger partial charge in [-0.2, -0.15) is 5.26 Å². The monoisotopic (exact) mass is 385 g/mol. The fourth-order valence-electron chi connectivity index (χ4n) is 2.33. The van der Waals surface area contributed by atoms with E-state index in [9.17, 15) is 19.6 Å². The summed E-state index contributed by atoms with van der Waals surface area (Å²) >= 11 is 1.04. The zero-order valence-corrected chi connectivity index (χ0v) is 16.1. The van der Waals surface area contributed by atoms with E-state index in [0.29, 0.717) is 22.3 Å². The van der Waals surface area contributed by atoms with Gasteiger partial charge in [-0.05, 0) is 45.0 Å². The van der Waals surface area contributed by atoms with Crippen molar-refractivity contribution in [3.05, 3.63) is 49.4 Å². The molecule has 0 amide bonds. The van der Waals surface area contributed by atoms with E-state index in [1.54, 1.807) is 38.1 Å². The number of esters is 1. The van der Waals surface area contributed by atoms with Crippen LogP contribution < -0.4 is 20.1 Å². The van der Waals surface area contributed by atoms with Gasteiger partial charge < -0.3 is 10.1 Å². The molecular formula is C19H19N3O4S. The number of benzene rings is 1. The maximum Gasteiger partial charge on any atom is 0.351 e. The van der Waals surface area contributed by atoms with Crippen LogP contribution in [0.3, 0.4) is 0 Å². The van der Waals surface area contributed by atoms with Gasteiger partial charge in [0.15, 0.2) is 11.4 Å². The van der Waals surface area contributed by atoms with Crippen LogP contribution in [0.25, 0.3) is 11.8 Å². The van der Waals surface area contributed by atoms with Crippen molar-refractivity contribution in [2.75, 3.05) is 11.9 Å². The minimum Gasteiger partial charge on any atom is -0.462 e. The molecule has 1 aromatic carbocycles. The van der Waals surface area contributed by atoms with Gasteiger partial charge in [-0.15, -0.1) is 11.3 Å². The lowest BCUT2D eigenvalue weighted by Crippen LogP contribution is -2.32.